The highest BCUT2D eigenvalue weighted by Crippen LogP contribution is 2.28. The normalized spacial score (nSPS) is 10.4. The fourth-order valence-corrected chi connectivity index (χ4v) is 2.81. The second kappa shape index (κ2) is 9.54. The summed E-state index contributed by atoms with van der Waals surface area (Å²) in [7, 11) is 1.35. The van der Waals surface area contributed by atoms with Gasteiger partial charge in [-0.1, -0.05) is 25.5 Å². The van der Waals surface area contributed by atoms with Crippen LogP contribution >= 0.6 is 0 Å². The van der Waals surface area contributed by atoms with E-state index in [0.717, 1.165) is 17.8 Å². The quantitative estimate of drug-likeness (QED) is 0.479. The van der Waals surface area contributed by atoms with Crippen LogP contribution in [0, 0.1) is 0 Å². The van der Waals surface area contributed by atoms with E-state index in [1.165, 1.54) is 31.8 Å². The molecule has 0 saturated carbocycles. The molecule has 7 nitrogen and oxygen atoms in total. The lowest BCUT2D eigenvalue weighted by Crippen LogP contribution is -2.05. The number of anilines is 5. The van der Waals surface area contributed by atoms with Crippen molar-refractivity contribution in [1.82, 2.24) is 9.97 Å². The van der Waals surface area contributed by atoms with Crippen molar-refractivity contribution in [2.45, 2.75) is 26.2 Å². The first-order chi connectivity index (χ1) is 14.1. The highest BCUT2D eigenvalue weighted by atomic mass is 16.5. The SMILES string of the molecule is CCCCc1ccc(Nc2ncnc(Nc3ccc(C(=O)OC)cc3)c2N)cc1. The van der Waals surface area contributed by atoms with Crippen molar-refractivity contribution >= 4 is 34.7 Å². The fourth-order valence-electron chi connectivity index (χ4n) is 2.81. The molecule has 0 aliphatic heterocycles. The van der Waals surface area contributed by atoms with E-state index in [1.807, 2.05) is 12.1 Å². The predicted molar refractivity (Wildman–Crippen MR) is 116 cm³/mol. The van der Waals surface area contributed by atoms with Gasteiger partial charge in [0.15, 0.2) is 11.6 Å². The molecular weight excluding hydrogens is 366 g/mol. The Hall–Kier alpha value is -3.61. The summed E-state index contributed by atoms with van der Waals surface area (Å²) in [4.78, 5) is 20.0. The summed E-state index contributed by atoms with van der Waals surface area (Å²) in [6, 6.07) is 15.1. The van der Waals surface area contributed by atoms with Gasteiger partial charge in [0.25, 0.3) is 0 Å². The third kappa shape index (κ3) is 5.22. The van der Waals surface area contributed by atoms with Crippen molar-refractivity contribution in [2.24, 2.45) is 0 Å². The fraction of sp³-hybridized carbons (Fsp3) is 0.227. The maximum Gasteiger partial charge on any atom is 0.337 e. The van der Waals surface area contributed by atoms with Gasteiger partial charge in [0.05, 0.1) is 12.7 Å². The van der Waals surface area contributed by atoms with Crippen LogP contribution in [0.25, 0.3) is 0 Å². The molecule has 3 aromatic rings. The summed E-state index contributed by atoms with van der Waals surface area (Å²) in [5.74, 6) is 0.619. The van der Waals surface area contributed by atoms with E-state index in [2.05, 4.69) is 39.7 Å². The molecular formula is C22H25N5O2. The molecule has 0 unspecified atom stereocenters. The van der Waals surface area contributed by atoms with Gasteiger partial charge in [-0.2, -0.15) is 0 Å². The number of carbonyl (C=O) groups is 1. The average molecular weight is 391 g/mol. The number of aromatic nitrogens is 2. The number of nitrogens with one attached hydrogen (secondary N) is 2. The van der Waals surface area contributed by atoms with Crippen LogP contribution in [0.15, 0.2) is 54.9 Å². The molecule has 3 rings (SSSR count). The van der Waals surface area contributed by atoms with Crippen LogP contribution in [0.3, 0.4) is 0 Å². The minimum atomic E-state index is -0.384. The number of rotatable bonds is 8. The van der Waals surface area contributed by atoms with E-state index in [0.29, 0.717) is 22.9 Å². The van der Waals surface area contributed by atoms with Crippen molar-refractivity contribution in [1.29, 1.82) is 0 Å². The van der Waals surface area contributed by atoms with Crippen molar-refractivity contribution in [3.63, 3.8) is 0 Å². The monoisotopic (exact) mass is 391 g/mol. The number of nitrogen functional groups attached to an aromatic ring is 1. The number of benzene rings is 2. The van der Waals surface area contributed by atoms with Gasteiger partial charge in [-0.15, -0.1) is 0 Å². The minimum Gasteiger partial charge on any atom is -0.465 e. The molecule has 2 aromatic carbocycles. The Labute approximate surface area is 170 Å². The number of methoxy groups -OCH3 is 1. The first-order valence-electron chi connectivity index (χ1n) is 9.52. The Morgan fingerprint density at radius 3 is 2.03 bits per heavy atom. The van der Waals surface area contributed by atoms with Crippen LogP contribution in [0.1, 0.15) is 35.7 Å². The van der Waals surface area contributed by atoms with Gasteiger partial charge in [-0.05, 0) is 54.8 Å². The van der Waals surface area contributed by atoms with Gasteiger partial charge in [-0.3, -0.25) is 0 Å². The Balaban J connectivity index is 1.71. The van der Waals surface area contributed by atoms with Gasteiger partial charge in [0.2, 0.25) is 0 Å². The molecule has 150 valence electrons. The molecule has 0 fully saturated rings. The third-order valence-electron chi connectivity index (χ3n) is 4.49. The molecule has 1 aromatic heterocycles. The summed E-state index contributed by atoms with van der Waals surface area (Å²) in [6.45, 7) is 2.19. The third-order valence-corrected chi connectivity index (χ3v) is 4.49. The molecule has 0 aliphatic carbocycles. The zero-order valence-corrected chi connectivity index (χ0v) is 16.6. The van der Waals surface area contributed by atoms with Crippen LogP contribution < -0.4 is 16.4 Å². The lowest BCUT2D eigenvalue weighted by atomic mass is 10.1. The smallest absolute Gasteiger partial charge is 0.337 e. The molecule has 1 heterocycles. The highest BCUT2D eigenvalue weighted by molar-refractivity contribution is 5.90. The molecule has 0 radical (unpaired) electrons. The number of unbranched alkanes of at least 4 members (excludes halogenated alkanes) is 1. The van der Waals surface area contributed by atoms with E-state index in [9.17, 15) is 4.79 Å². The zero-order valence-electron chi connectivity index (χ0n) is 16.6. The number of nitrogens with zero attached hydrogens (tertiary/aromatic N) is 2. The maximum absolute atomic E-state index is 11.5. The Kier molecular flexibility index (Phi) is 6.63. The molecule has 0 amide bonds. The zero-order chi connectivity index (χ0) is 20.6. The van der Waals surface area contributed by atoms with Crippen LogP contribution in [0.2, 0.25) is 0 Å². The Morgan fingerprint density at radius 1 is 0.966 bits per heavy atom. The van der Waals surface area contributed by atoms with Gasteiger partial charge in [0, 0.05) is 11.4 Å². The van der Waals surface area contributed by atoms with E-state index >= 15 is 0 Å². The summed E-state index contributed by atoms with van der Waals surface area (Å²) >= 11 is 0. The second-order valence-electron chi connectivity index (χ2n) is 6.60. The number of ether oxygens (including phenoxy) is 1. The van der Waals surface area contributed by atoms with E-state index in [4.69, 9.17) is 10.5 Å². The lowest BCUT2D eigenvalue weighted by Gasteiger charge is -2.13. The molecule has 0 atom stereocenters. The predicted octanol–water partition coefficient (Wildman–Crippen LogP) is 4.68. The van der Waals surface area contributed by atoms with Crippen molar-refractivity contribution in [3.8, 4) is 0 Å². The number of esters is 1. The van der Waals surface area contributed by atoms with E-state index in [-0.39, 0.29) is 5.97 Å². The first kappa shape index (κ1) is 20.1. The van der Waals surface area contributed by atoms with Crippen LogP contribution in [0.4, 0.5) is 28.7 Å². The molecule has 4 N–H and O–H groups in total. The topological polar surface area (TPSA) is 102 Å². The summed E-state index contributed by atoms with van der Waals surface area (Å²) in [5, 5.41) is 6.38. The van der Waals surface area contributed by atoms with Crippen LogP contribution in [-0.4, -0.2) is 23.0 Å². The lowest BCUT2D eigenvalue weighted by molar-refractivity contribution is 0.0601. The largest absolute Gasteiger partial charge is 0.465 e. The number of nitrogens with two attached hydrogens (primary N) is 1. The number of carbonyl (C=O) groups excluding carboxylic acids is 1. The Morgan fingerprint density at radius 2 is 1.52 bits per heavy atom. The van der Waals surface area contributed by atoms with E-state index in [1.54, 1.807) is 24.3 Å². The first-order valence-corrected chi connectivity index (χ1v) is 9.52. The van der Waals surface area contributed by atoms with Gasteiger partial charge in [-0.25, -0.2) is 14.8 Å². The molecule has 0 bridgehead atoms. The van der Waals surface area contributed by atoms with Gasteiger partial charge in [0.1, 0.15) is 12.0 Å². The number of aryl methyl sites for hydroxylation is 1. The van der Waals surface area contributed by atoms with Crippen molar-refractivity contribution in [3.05, 3.63) is 66.0 Å². The van der Waals surface area contributed by atoms with Crippen molar-refractivity contribution in [2.75, 3.05) is 23.5 Å². The van der Waals surface area contributed by atoms with Gasteiger partial charge >= 0.3 is 5.97 Å². The Bertz CT molecular complexity index is 956. The average Bonchev–Trinajstić information content (AvgIpc) is 2.76. The molecule has 29 heavy (non-hydrogen) atoms. The second-order valence-corrected chi connectivity index (χ2v) is 6.60. The highest BCUT2D eigenvalue weighted by Gasteiger charge is 2.10. The van der Waals surface area contributed by atoms with E-state index < -0.39 is 0 Å². The van der Waals surface area contributed by atoms with Crippen LogP contribution in [0.5, 0.6) is 0 Å². The minimum absolute atomic E-state index is 0.384. The number of hydrogen-bond donors (Lipinski definition) is 3. The maximum atomic E-state index is 11.5. The van der Waals surface area contributed by atoms with Crippen molar-refractivity contribution < 1.29 is 9.53 Å². The number of hydrogen-bond acceptors (Lipinski definition) is 7. The van der Waals surface area contributed by atoms with Gasteiger partial charge < -0.3 is 21.1 Å². The summed E-state index contributed by atoms with van der Waals surface area (Å²) in [6.07, 6.45) is 4.88. The molecule has 0 saturated heterocycles. The summed E-state index contributed by atoms with van der Waals surface area (Å²) < 4.78 is 4.70. The van der Waals surface area contributed by atoms with Crippen LogP contribution in [-0.2, 0) is 11.2 Å². The molecule has 0 spiro atoms. The standard InChI is InChI=1S/C22H25N5O2/c1-3-4-5-15-6-10-17(11-7-15)26-20-19(23)21(25-14-24-20)27-18-12-8-16(9-13-18)22(28)29-2/h6-14H,3-5,23H2,1-2H3,(H2,24,25,26,27). The molecule has 7 heteroatoms. The summed E-state index contributed by atoms with van der Waals surface area (Å²) in [5.41, 5.74) is 10.1. The molecule has 0 aliphatic rings.